The van der Waals surface area contributed by atoms with Crippen LogP contribution in [0.5, 0.6) is 0 Å². The Bertz CT molecular complexity index is 390. The summed E-state index contributed by atoms with van der Waals surface area (Å²) >= 11 is 3.38. The summed E-state index contributed by atoms with van der Waals surface area (Å²) in [5.41, 5.74) is 1.96. The van der Waals surface area contributed by atoms with Gasteiger partial charge >= 0.3 is 0 Å². The summed E-state index contributed by atoms with van der Waals surface area (Å²) in [6.45, 7) is 5.47. The number of benzene rings is 1. The first-order chi connectivity index (χ1) is 7.56. The first kappa shape index (κ1) is 11.9. The van der Waals surface area contributed by atoms with Gasteiger partial charge in [0.05, 0.1) is 0 Å². The highest BCUT2D eigenvalue weighted by molar-refractivity contribution is 9.08. The van der Waals surface area contributed by atoms with Gasteiger partial charge < -0.3 is 4.90 Å². The monoisotopic (exact) mass is 285 g/mol. The minimum absolute atomic E-state index is 0.114. The van der Waals surface area contributed by atoms with Gasteiger partial charge in [-0.2, -0.15) is 0 Å². The van der Waals surface area contributed by atoms with E-state index in [1.807, 2.05) is 6.07 Å². The van der Waals surface area contributed by atoms with Crippen molar-refractivity contribution in [2.75, 3.05) is 11.4 Å². The quantitative estimate of drug-likeness (QED) is 0.740. The lowest BCUT2D eigenvalue weighted by Crippen LogP contribution is -2.38. The van der Waals surface area contributed by atoms with Crippen molar-refractivity contribution >= 4 is 21.6 Å². The Kier molecular flexibility index (Phi) is 3.24. The molecular weight excluding hydrogens is 269 g/mol. The highest BCUT2D eigenvalue weighted by Gasteiger charge is 2.33. The zero-order chi connectivity index (χ0) is 11.8. The number of hydrogen-bond acceptors (Lipinski definition) is 1. The van der Waals surface area contributed by atoms with E-state index >= 15 is 0 Å². The van der Waals surface area contributed by atoms with Gasteiger partial charge in [0.15, 0.2) is 0 Å². The van der Waals surface area contributed by atoms with Crippen LogP contribution in [0.2, 0.25) is 0 Å². The van der Waals surface area contributed by atoms with E-state index in [0.29, 0.717) is 5.33 Å². The van der Waals surface area contributed by atoms with Gasteiger partial charge in [0.1, 0.15) is 5.82 Å². The fourth-order valence-corrected chi connectivity index (χ4v) is 3.04. The summed E-state index contributed by atoms with van der Waals surface area (Å²) in [7, 11) is 0. The van der Waals surface area contributed by atoms with Crippen LogP contribution in [0.3, 0.4) is 0 Å². The molecule has 0 aromatic heterocycles. The maximum atomic E-state index is 13.7. The Hall–Kier alpha value is -0.570. The van der Waals surface area contributed by atoms with Gasteiger partial charge in [0.2, 0.25) is 0 Å². The van der Waals surface area contributed by atoms with Gasteiger partial charge in [-0.05, 0) is 38.8 Å². The van der Waals surface area contributed by atoms with Crippen molar-refractivity contribution in [2.24, 2.45) is 0 Å². The zero-order valence-electron chi connectivity index (χ0n) is 9.76. The minimum atomic E-state index is -0.114. The summed E-state index contributed by atoms with van der Waals surface area (Å²) in [4.78, 5) is 2.33. The van der Waals surface area contributed by atoms with Gasteiger partial charge in [-0.25, -0.2) is 4.39 Å². The third-order valence-corrected chi connectivity index (χ3v) is 3.98. The number of alkyl halides is 1. The molecule has 0 amide bonds. The van der Waals surface area contributed by atoms with Crippen molar-refractivity contribution in [3.05, 3.63) is 29.6 Å². The molecule has 0 radical (unpaired) electrons. The third-order valence-electron chi connectivity index (χ3n) is 3.42. The van der Waals surface area contributed by atoms with Crippen molar-refractivity contribution in [3.63, 3.8) is 0 Å². The fraction of sp³-hybridized carbons (Fsp3) is 0.538. The summed E-state index contributed by atoms with van der Waals surface area (Å²) < 4.78 is 13.7. The Morgan fingerprint density at radius 3 is 2.75 bits per heavy atom. The van der Waals surface area contributed by atoms with E-state index in [1.165, 1.54) is 18.9 Å². The highest BCUT2D eigenvalue weighted by atomic mass is 79.9. The lowest BCUT2D eigenvalue weighted by Gasteiger charge is -2.35. The number of anilines is 1. The van der Waals surface area contributed by atoms with Crippen LogP contribution < -0.4 is 4.90 Å². The smallest absolute Gasteiger partial charge is 0.129 e. The molecule has 0 unspecified atom stereocenters. The van der Waals surface area contributed by atoms with Gasteiger partial charge in [-0.3, -0.25) is 0 Å². The second kappa shape index (κ2) is 4.36. The first-order valence-electron chi connectivity index (χ1n) is 5.67. The highest BCUT2D eigenvalue weighted by Crippen LogP contribution is 2.36. The molecule has 2 rings (SSSR count). The second-order valence-electron chi connectivity index (χ2n) is 4.94. The zero-order valence-corrected chi connectivity index (χ0v) is 11.3. The number of halogens is 2. The lowest BCUT2D eigenvalue weighted by molar-refractivity contribution is 0.515. The predicted octanol–water partition coefficient (Wildman–Crippen LogP) is 4.10. The van der Waals surface area contributed by atoms with Crippen LogP contribution in [0.1, 0.15) is 32.3 Å². The van der Waals surface area contributed by atoms with Crippen LogP contribution in [0.25, 0.3) is 0 Å². The van der Waals surface area contributed by atoms with E-state index in [-0.39, 0.29) is 11.4 Å². The molecule has 1 aliphatic rings. The Morgan fingerprint density at radius 2 is 2.19 bits per heavy atom. The topological polar surface area (TPSA) is 3.24 Å². The molecule has 0 saturated carbocycles. The maximum absolute atomic E-state index is 13.7. The molecule has 1 saturated heterocycles. The molecule has 0 aliphatic carbocycles. The van der Waals surface area contributed by atoms with E-state index in [9.17, 15) is 4.39 Å². The van der Waals surface area contributed by atoms with Crippen LogP contribution in [-0.4, -0.2) is 12.1 Å². The van der Waals surface area contributed by atoms with E-state index < -0.39 is 0 Å². The van der Waals surface area contributed by atoms with Crippen molar-refractivity contribution in [1.82, 2.24) is 0 Å². The number of hydrogen-bond donors (Lipinski definition) is 0. The molecule has 0 N–H and O–H groups in total. The van der Waals surface area contributed by atoms with Crippen molar-refractivity contribution in [2.45, 2.75) is 37.6 Å². The van der Waals surface area contributed by atoms with Gasteiger partial charge in [-0.1, -0.05) is 22.0 Å². The second-order valence-corrected chi connectivity index (χ2v) is 5.50. The van der Waals surface area contributed by atoms with Crippen LogP contribution >= 0.6 is 15.9 Å². The van der Waals surface area contributed by atoms with E-state index in [4.69, 9.17) is 0 Å². The van der Waals surface area contributed by atoms with Crippen molar-refractivity contribution in [1.29, 1.82) is 0 Å². The summed E-state index contributed by atoms with van der Waals surface area (Å²) in [6.07, 6.45) is 2.36. The summed E-state index contributed by atoms with van der Waals surface area (Å²) in [5.74, 6) is -0.114. The Labute approximate surface area is 105 Å². The molecule has 1 aromatic carbocycles. The molecule has 16 heavy (non-hydrogen) atoms. The molecule has 88 valence electrons. The van der Waals surface area contributed by atoms with Gasteiger partial charge in [0.25, 0.3) is 0 Å². The molecule has 1 nitrogen and oxygen atoms in total. The number of nitrogens with zero attached hydrogens (tertiary/aromatic N) is 1. The molecule has 1 fully saturated rings. The lowest BCUT2D eigenvalue weighted by atomic mass is 10.0. The summed E-state index contributed by atoms with van der Waals surface area (Å²) in [6, 6.07) is 5.35. The molecule has 1 heterocycles. The Balaban J connectivity index is 2.44. The van der Waals surface area contributed by atoms with Gasteiger partial charge in [0, 0.05) is 28.7 Å². The van der Waals surface area contributed by atoms with E-state index in [0.717, 1.165) is 17.8 Å². The van der Waals surface area contributed by atoms with Crippen LogP contribution in [0.15, 0.2) is 18.2 Å². The van der Waals surface area contributed by atoms with Crippen LogP contribution in [0, 0.1) is 5.82 Å². The minimum Gasteiger partial charge on any atom is -0.366 e. The third kappa shape index (κ3) is 1.97. The fourth-order valence-electron chi connectivity index (χ4n) is 2.49. The molecule has 0 spiro atoms. The molecule has 3 heteroatoms. The molecular formula is C13H17BrFN. The average molecular weight is 286 g/mol. The van der Waals surface area contributed by atoms with Crippen LogP contribution in [-0.2, 0) is 5.33 Å². The SMILES string of the molecule is CC1(C)CCCN1c1cccc(F)c1CBr. The van der Waals surface area contributed by atoms with E-state index in [1.54, 1.807) is 6.07 Å². The average Bonchev–Trinajstić information content (AvgIpc) is 2.57. The predicted molar refractivity (Wildman–Crippen MR) is 69.7 cm³/mol. The van der Waals surface area contributed by atoms with Gasteiger partial charge in [-0.15, -0.1) is 0 Å². The maximum Gasteiger partial charge on any atom is 0.129 e. The first-order valence-corrected chi connectivity index (χ1v) is 6.79. The van der Waals surface area contributed by atoms with Crippen molar-refractivity contribution < 1.29 is 4.39 Å². The normalized spacial score (nSPS) is 19.1. The molecule has 1 aromatic rings. The molecule has 0 atom stereocenters. The summed E-state index contributed by atoms with van der Waals surface area (Å²) in [5, 5.41) is 0.571. The molecule has 0 bridgehead atoms. The van der Waals surface area contributed by atoms with Crippen molar-refractivity contribution in [3.8, 4) is 0 Å². The van der Waals surface area contributed by atoms with Crippen LogP contribution in [0.4, 0.5) is 10.1 Å². The van der Waals surface area contributed by atoms with E-state index in [2.05, 4.69) is 34.7 Å². The molecule has 1 aliphatic heterocycles. The standard InChI is InChI=1S/C13H17BrFN/c1-13(2)7-4-8-16(13)12-6-3-5-11(15)10(12)9-14/h3,5-6H,4,7-9H2,1-2H3. The Morgan fingerprint density at radius 1 is 1.44 bits per heavy atom. The largest absolute Gasteiger partial charge is 0.366 e. The number of rotatable bonds is 2.